The molecule has 1 aliphatic rings. The van der Waals surface area contributed by atoms with Crippen molar-refractivity contribution in [3.05, 3.63) is 0 Å². The van der Waals surface area contributed by atoms with Gasteiger partial charge < -0.3 is 10.4 Å². The summed E-state index contributed by atoms with van der Waals surface area (Å²) in [5.41, 5.74) is 0. The van der Waals surface area contributed by atoms with Crippen molar-refractivity contribution in [3.8, 4) is 0 Å². The molecule has 0 saturated carbocycles. The number of carboxylic acid groups (broad SMARTS) is 1. The van der Waals surface area contributed by atoms with Crippen molar-refractivity contribution < 1.29 is 27.9 Å². The molecule has 1 fully saturated rings. The molecule has 0 aromatic rings. The van der Waals surface area contributed by atoms with Crippen LogP contribution in [-0.4, -0.2) is 53.7 Å². The standard InChI is InChI=1S/C10H15F3N2O3/c1-15-5-6(4-7(15)9(17)18)14-8(16)2-3-10(11,12)13/h6-7H,2-5H2,1H3,(H,14,16)(H,17,18)/t6-,7-/m0/s1. The number of aliphatic carboxylic acids is 1. The normalized spacial score (nSPS) is 25.1. The van der Waals surface area contributed by atoms with Gasteiger partial charge >= 0.3 is 12.1 Å². The molecule has 18 heavy (non-hydrogen) atoms. The van der Waals surface area contributed by atoms with Crippen LogP contribution in [0.2, 0.25) is 0 Å². The summed E-state index contributed by atoms with van der Waals surface area (Å²) in [5.74, 6) is -1.69. The van der Waals surface area contributed by atoms with Gasteiger partial charge in [0.15, 0.2) is 0 Å². The average molecular weight is 268 g/mol. The minimum Gasteiger partial charge on any atom is -0.480 e. The van der Waals surface area contributed by atoms with Gasteiger partial charge in [0.05, 0.1) is 6.42 Å². The van der Waals surface area contributed by atoms with Gasteiger partial charge in [-0.3, -0.25) is 14.5 Å². The second-order valence-corrected chi connectivity index (χ2v) is 4.41. The van der Waals surface area contributed by atoms with Crippen LogP contribution in [0.3, 0.4) is 0 Å². The van der Waals surface area contributed by atoms with Gasteiger partial charge in [-0.25, -0.2) is 0 Å². The van der Waals surface area contributed by atoms with Crippen LogP contribution in [0.1, 0.15) is 19.3 Å². The van der Waals surface area contributed by atoms with Gasteiger partial charge in [-0.15, -0.1) is 0 Å². The fourth-order valence-electron chi connectivity index (χ4n) is 1.95. The summed E-state index contributed by atoms with van der Waals surface area (Å²) < 4.78 is 35.7. The van der Waals surface area contributed by atoms with Gasteiger partial charge in [0.2, 0.25) is 5.91 Å². The number of hydrogen-bond acceptors (Lipinski definition) is 3. The van der Waals surface area contributed by atoms with Crippen LogP contribution >= 0.6 is 0 Å². The number of carbonyl (C=O) groups is 2. The molecule has 2 N–H and O–H groups in total. The molecule has 8 heteroatoms. The maximum atomic E-state index is 11.9. The molecule has 0 aliphatic carbocycles. The van der Waals surface area contributed by atoms with E-state index in [2.05, 4.69) is 5.32 Å². The van der Waals surface area contributed by atoms with Gasteiger partial charge in [-0.05, 0) is 13.5 Å². The second kappa shape index (κ2) is 5.55. The summed E-state index contributed by atoms with van der Waals surface area (Å²) in [4.78, 5) is 23.6. The highest BCUT2D eigenvalue weighted by molar-refractivity contribution is 5.77. The molecule has 0 unspecified atom stereocenters. The molecule has 0 spiro atoms. The lowest BCUT2D eigenvalue weighted by atomic mass is 10.1. The topological polar surface area (TPSA) is 69.6 Å². The van der Waals surface area contributed by atoms with Gasteiger partial charge in [0.25, 0.3) is 0 Å². The fraction of sp³-hybridized carbons (Fsp3) is 0.800. The van der Waals surface area contributed by atoms with E-state index in [4.69, 9.17) is 5.11 Å². The molecule has 1 saturated heterocycles. The van der Waals surface area contributed by atoms with E-state index in [1.807, 2.05) is 0 Å². The lowest BCUT2D eigenvalue weighted by Gasteiger charge is -2.13. The highest BCUT2D eigenvalue weighted by Crippen LogP contribution is 2.21. The predicted octanol–water partition coefficient (Wildman–Crippen LogP) is 0.602. The molecular weight excluding hydrogens is 253 g/mol. The molecular formula is C10H15F3N2O3. The zero-order valence-electron chi connectivity index (χ0n) is 9.83. The van der Waals surface area contributed by atoms with Crippen LogP contribution < -0.4 is 5.32 Å². The Balaban J connectivity index is 2.36. The Hall–Kier alpha value is -1.31. The molecule has 0 aromatic heterocycles. The van der Waals surface area contributed by atoms with Crippen molar-refractivity contribution in [1.29, 1.82) is 0 Å². The van der Waals surface area contributed by atoms with E-state index in [1.165, 1.54) is 0 Å². The van der Waals surface area contributed by atoms with E-state index in [9.17, 15) is 22.8 Å². The first kappa shape index (κ1) is 14.7. The van der Waals surface area contributed by atoms with E-state index in [1.54, 1.807) is 11.9 Å². The third kappa shape index (κ3) is 4.52. The van der Waals surface area contributed by atoms with Crippen LogP contribution in [0.25, 0.3) is 0 Å². The third-order valence-corrected chi connectivity index (χ3v) is 2.83. The zero-order valence-corrected chi connectivity index (χ0v) is 9.83. The quantitative estimate of drug-likeness (QED) is 0.783. The first-order valence-corrected chi connectivity index (χ1v) is 5.48. The molecule has 1 heterocycles. The van der Waals surface area contributed by atoms with Crippen molar-refractivity contribution in [2.45, 2.75) is 37.5 Å². The van der Waals surface area contributed by atoms with E-state index >= 15 is 0 Å². The molecule has 0 radical (unpaired) electrons. The number of carboxylic acids is 1. The molecule has 2 atom stereocenters. The summed E-state index contributed by atoms with van der Waals surface area (Å²) in [5, 5.41) is 11.3. The molecule has 1 aliphatic heterocycles. The average Bonchev–Trinajstić information content (AvgIpc) is 2.55. The van der Waals surface area contributed by atoms with Gasteiger partial charge in [-0.1, -0.05) is 0 Å². The Bertz CT molecular complexity index is 333. The number of hydrogen-bond donors (Lipinski definition) is 2. The Kier molecular flexibility index (Phi) is 4.55. The zero-order chi connectivity index (χ0) is 13.9. The summed E-state index contributed by atoms with van der Waals surface area (Å²) in [6.07, 6.45) is -5.93. The van der Waals surface area contributed by atoms with Crippen LogP contribution in [-0.2, 0) is 9.59 Å². The van der Waals surface area contributed by atoms with E-state index in [-0.39, 0.29) is 6.42 Å². The summed E-state index contributed by atoms with van der Waals surface area (Å²) in [7, 11) is 1.60. The van der Waals surface area contributed by atoms with Crippen molar-refractivity contribution in [2.24, 2.45) is 0 Å². The molecule has 5 nitrogen and oxygen atoms in total. The SMILES string of the molecule is CN1C[C@@H](NC(=O)CCC(F)(F)F)C[C@H]1C(=O)O. The first-order valence-electron chi connectivity index (χ1n) is 5.48. The van der Waals surface area contributed by atoms with Crippen molar-refractivity contribution in [3.63, 3.8) is 0 Å². The molecule has 1 rings (SSSR count). The molecule has 0 aromatic carbocycles. The number of carbonyl (C=O) groups excluding carboxylic acids is 1. The number of halogens is 3. The maximum Gasteiger partial charge on any atom is 0.389 e. The lowest BCUT2D eigenvalue weighted by Crippen LogP contribution is -2.36. The molecule has 0 bridgehead atoms. The van der Waals surface area contributed by atoms with E-state index < -0.39 is 43.0 Å². The van der Waals surface area contributed by atoms with E-state index in [0.29, 0.717) is 6.54 Å². The lowest BCUT2D eigenvalue weighted by molar-refractivity contribution is -0.144. The number of alkyl halides is 3. The van der Waals surface area contributed by atoms with Crippen molar-refractivity contribution in [1.82, 2.24) is 10.2 Å². The minimum atomic E-state index is -4.35. The fourth-order valence-corrected chi connectivity index (χ4v) is 1.95. The Morgan fingerprint density at radius 3 is 2.50 bits per heavy atom. The number of nitrogens with zero attached hydrogens (tertiary/aromatic N) is 1. The highest BCUT2D eigenvalue weighted by Gasteiger charge is 2.35. The predicted molar refractivity (Wildman–Crippen MR) is 55.9 cm³/mol. The smallest absolute Gasteiger partial charge is 0.389 e. The number of likely N-dealkylation sites (tertiary alicyclic amines) is 1. The second-order valence-electron chi connectivity index (χ2n) is 4.41. The minimum absolute atomic E-state index is 0.212. The third-order valence-electron chi connectivity index (χ3n) is 2.83. The molecule has 104 valence electrons. The van der Waals surface area contributed by atoms with E-state index in [0.717, 1.165) is 0 Å². The molecule has 1 amide bonds. The van der Waals surface area contributed by atoms with Crippen molar-refractivity contribution in [2.75, 3.05) is 13.6 Å². The Labute approximate surface area is 102 Å². The van der Waals surface area contributed by atoms with Gasteiger partial charge in [0, 0.05) is 19.0 Å². The largest absolute Gasteiger partial charge is 0.480 e. The Morgan fingerprint density at radius 2 is 2.06 bits per heavy atom. The Morgan fingerprint density at radius 1 is 1.44 bits per heavy atom. The number of amides is 1. The van der Waals surface area contributed by atoms with Gasteiger partial charge in [0.1, 0.15) is 6.04 Å². The summed E-state index contributed by atoms with van der Waals surface area (Å²) >= 11 is 0. The number of likely N-dealkylation sites (N-methyl/N-ethyl adjacent to an activating group) is 1. The monoisotopic (exact) mass is 268 g/mol. The van der Waals surface area contributed by atoms with Crippen LogP contribution in [0.5, 0.6) is 0 Å². The maximum absolute atomic E-state index is 11.9. The van der Waals surface area contributed by atoms with Gasteiger partial charge in [-0.2, -0.15) is 13.2 Å². The van der Waals surface area contributed by atoms with Crippen molar-refractivity contribution >= 4 is 11.9 Å². The van der Waals surface area contributed by atoms with Crippen LogP contribution in [0.4, 0.5) is 13.2 Å². The first-order chi connectivity index (χ1) is 8.19. The highest BCUT2D eigenvalue weighted by atomic mass is 19.4. The van der Waals surface area contributed by atoms with Crippen LogP contribution in [0, 0.1) is 0 Å². The summed E-state index contributed by atoms with van der Waals surface area (Å²) in [6.45, 7) is 0.328. The van der Waals surface area contributed by atoms with Crippen LogP contribution in [0.15, 0.2) is 0 Å². The number of nitrogens with one attached hydrogen (secondary N) is 1. The number of rotatable bonds is 4. The summed E-state index contributed by atoms with van der Waals surface area (Å²) in [6, 6.07) is -1.10.